The number of anilines is 1. The Morgan fingerprint density at radius 1 is 0.847 bits per heavy atom. The summed E-state index contributed by atoms with van der Waals surface area (Å²) in [5.41, 5.74) is 7.14. The van der Waals surface area contributed by atoms with E-state index in [1.165, 1.54) is 0 Å². The number of esters is 1. The van der Waals surface area contributed by atoms with Gasteiger partial charge in [0.2, 0.25) is 0 Å². The summed E-state index contributed by atoms with van der Waals surface area (Å²) >= 11 is 0. The van der Waals surface area contributed by atoms with Crippen LogP contribution < -0.4 is 4.90 Å². The van der Waals surface area contributed by atoms with E-state index < -0.39 is 21.6 Å². The number of hydrogen-bond donors (Lipinski definition) is 0. The second-order valence-corrected chi connectivity index (χ2v) is 29.8. The molecule has 0 unspecified atom stereocenters. The highest BCUT2D eigenvalue weighted by atomic mass is 28.3. The molecule has 4 heterocycles. The molecule has 7 rings (SSSR count). The smallest absolute Gasteiger partial charge is 0.311 e. The van der Waals surface area contributed by atoms with Gasteiger partial charge in [-0.3, -0.25) is 9.78 Å². The Kier molecular flexibility index (Phi) is 12.8. The third-order valence-electron chi connectivity index (χ3n) is 11.4. The van der Waals surface area contributed by atoms with Gasteiger partial charge in [0.05, 0.1) is 35.1 Å². The van der Waals surface area contributed by atoms with Crippen LogP contribution in [0.1, 0.15) is 51.1 Å². The summed E-state index contributed by atoms with van der Waals surface area (Å²) in [5, 5.41) is 14.6. The quantitative estimate of drug-likeness (QED) is 0.0380. The van der Waals surface area contributed by atoms with Crippen molar-refractivity contribution in [3.8, 4) is 28.1 Å². The Balaban J connectivity index is 1.42. The number of carbonyl (C=O) groups excluding carboxylic acids is 1. The SMILES string of the molecule is CCOC(=O)C1(C)CCC(c2nc3c(-c4ccc(-c5ccccc5)nc4)cnn3c(N(COCC[Si](C)(C)C)COCC[Si](C)(C)C)c2-n2nnc3ccccc32)CC1. The number of ether oxygens (including phenoxy) is 3. The van der Waals surface area contributed by atoms with Crippen molar-refractivity contribution < 1.29 is 19.0 Å². The Morgan fingerprint density at radius 3 is 2.14 bits per heavy atom. The van der Waals surface area contributed by atoms with Crippen LogP contribution in [-0.4, -0.2) is 90.0 Å². The summed E-state index contributed by atoms with van der Waals surface area (Å²) in [5.74, 6) is 0.634. The molecule has 0 spiro atoms. The molecule has 59 heavy (non-hydrogen) atoms. The van der Waals surface area contributed by atoms with Gasteiger partial charge in [0, 0.05) is 58.2 Å². The summed E-state index contributed by atoms with van der Waals surface area (Å²) in [4.78, 5) is 25.8. The van der Waals surface area contributed by atoms with Crippen LogP contribution in [0.2, 0.25) is 51.4 Å². The number of nitrogens with zero attached hydrogens (tertiary/aromatic N) is 8. The van der Waals surface area contributed by atoms with Crippen molar-refractivity contribution in [3.63, 3.8) is 0 Å². The van der Waals surface area contributed by atoms with Gasteiger partial charge in [-0.2, -0.15) is 9.61 Å². The molecule has 14 heteroatoms. The van der Waals surface area contributed by atoms with Crippen LogP contribution in [0.25, 0.3) is 44.8 Å². The van der Waals surface area contributed by atoms with Gasteiger partial charge in [-0.1, -0.05) is 93.0 Å². The molecule has 0 radical (unpaired) electrons. The van der Waals surface area contributed by atoms with Crippen molar-refractivity contribution in [3.05, 3.63) is 84.8 Å². The van der Waals surface area contributed by atoms with Crippen LogP contribution in [0.5, 0.6) is 0 Å². The minimum absolute atomic E-state index is 0.00279. The molecule has 1 aliphatic carbocycles. The van der Waals surface area contributed by atoms with Crippen molar-refractivity contribution in [2.75, 3.05) is 38.2 Å². The summed E-state index contributed by atoms with van der Waals surface area (Å²) in [6.45, 7) is 20.3. The van der Waals surface area contributed by atoms with Crippen molar-refractivity contribution in [2.45, 2.75) is 96.8 Å². The number of pyridine rings is 1. The van der Waals surface area contributed by atoms with E-state index in [1.54, 1.807) is 0 Å². The summed E-state index contributed by atoms with van der Waals surface area (Å²) < 4.78 is 22.5. The Bertz CT molecular complexity index is 2320. The molecule has 312 valence electrons. The van der Waals surface area contributed by atoms with E-state index in [1.807, 2.05) is 84.0 Å². The Morgan fingerprint density at radius 2 is 1.51 bits per heavy atom. The first kappa shape index (κ1) is 42.4. The van der Waals surface area contributed by atoms with E-state index in [2.05, 4.69) is 67.5 Å². The fraction of sp³-hybridized carbons (Fsp3) is 0.467. The lowest BCUT2D eigenvalue weighted by Crippen LogP contribution is -2.36. The molecule has 2 aromatic carbocycles. The highest BCUT2D eigenvalue weighted by Crippen LogP contribution is 2.46. The first-order valence-electron chi connectivity index (χ1n) is 21.1. The number of fused-ring (bicyclic) bond motifs is 2. The van der Waals surface area contributed by atoms with Crippen molar-refractivity contribution in [2.24, 2.45) is 5.41 Å². The van der Waals surface area contributed by atoms with E-state index in [0.29, 0.717) is 38.3 Å². The van der Waals surface area contributed by atoms with Crippen molar-refractivity contribution >= 4 is 44.6 Å². The summed E-state index contributed by atoms with van der Waals surface area (Å²) in [7, 11) is -2.73. The van der Waals surface area contributed by atoms with Gasteiger partial charge >= 0.3 is 5.97 Å². The maximum Gasteiger partial charge on any atom is 0.311 e. The molecule has 4 aromatic heterocycles. The maximum absolute atomic E-state index is 13.2. The lowest BCUT2D eigenvalue weighted by molar-refractivity contribution is -0.156. The number of rotatable bonds is 17. The zero-order chi connectivity index (χ0) is 41.8. The van der Waals surface area contributed by atoms with Crippen molar-refractivity contribution in [1.82, 2.24) is 34.6 Å². The van der Waals surface area contributed by atoms with Gasteiger partial charge in [0.1, 0.15) is 24.7 Å². The maximum atomic E-state index is 13.2. The van der Waals surface area contributed by atoms with Gasteiger partial charge in [-0.25, -0.2) is 9.67 Å². The minimum Gasteiger partial charge on any atom is -0.466 e. The van der Waals surface area contributed by atoms with Crippen LogP contribution >= 0.6 is 0 Å². The number of hydrogen-bond acceptors (Lipinski definition) is 10. The van der Waals surface area contributed by atoms with Gasteiger partial charge in [0.15, 0.2) is 11.5 Å². The Hall–Kier alpha value is -4.77. The first-order chi connectivity index (χ1) is 28.2. The largest absolute Gasteiger partial charge is 0.466 e. The van der Waals surface area contributed by atoms with E-state index in [9.17, 15) is 4.79 Å². The number of carbonyl (C=O) groups is 1. The van der Waals surface area contributed by atoms with E-state index >= 15 is 0 Å². The molecule has 1 aliphatic rings. The lowest BCUT2D eigenvalue weighted by Gasteiger charge is -2.36. The van der Waals surface area contributed by atoms with Crippen LogP contribution in [0, 0.1) is 5.41 Å². The first-order valence-corrected chi connectivity index (χ1v) is 28.5. The van der Waals surface area contributed by atoms with Gasteiger partial charge in [-0.05, 0) is 69.8 Å². The number of aromatic nitrogens is 7. The Labute approximate surface area is 350 Å². The second-order valence-electron chi connectivity index (χ2n) is 18.5. The van der Waals surface area contributed by atoms with E-state index in [0.717, 1.165) is 75.5 Å². The lowest BCUT2D eigenvalue weighted by atomic mass is 9.70. The highest BCUT2D eigenvalue weighted by molar-refractivity contribution is 6.76. The monoisotopic (exact) mass is 832 g/mol. The topological polar surface area (TPSA) is 122 Å². The van der Waals surface area contributed by atoms with Gasteiger partial charge in [-0.15, -0.1) is 5.10 Å². The number of benzene rings is 2. The predicted octanol–water partition coefficient (Wildman–Crippen LogP) is 9.85. The zero-order valence-corrected chi connectivity index (χ0v) is 38.1. The van der Waals surface area contributed by atoms with Gasteiger partial charge in [0.25, 0.3) is 0 Å². The number of para-hydroxylation sites is 1. The van der Waals surface area contributed by atoms with Crippen LogP contribution in [0.15, 0.2) is 79.1 Å². The summed E-state index contributed by atoms with van der Waals surface area (Å²) in [6.07, 6.45) is 6.63. The average Bonchev–Trinajstić information content (AvgIpc) is 3.84. The second kappa shape index (κ2) is 17.8. The standard InChI is InChI=1S/C45H60N8O4Si2/c1-9-57-44(54)45(2)23-21-34(22-24-45)40-41(52-39-18-14-13-17-38(39)49-50-52)43(51(31-55-25-27-58(3,4)5)32-56-26-28-59(6,7)8)53-42(48-40)36(30-47-53)35-19-20-37(46-29-35)33-15-11-10-12-16-33/h10-20,29-30,34H,9,21-28,31-32H2,1-8H3. The van der Waals surface area contributed by atoms with Crippen molar-refractivity contribution in [1.29, 1.82) is 0 Å². The fourth-order valence-corrected chi connectivity index (χ4v) is 9.15. The van der Waals surface area contributed by atoms with E-state index in [4.69, 9.17) is 34.5 Å². The molecular weight excluding hydrogens is 773 g/mol. The molecule has 12 nitrogen and oxygen atoms in total. The third-order valence-corrected chi connectivity index (χ3v) is 14.8. The highest BCUT2D eigenvalue weighted by Gasteiger charge is 2.41. The van der Waals surface area contributed by atoms with Crippen LogP contribution in [-0.2, 0) is 19.0 Å². The zero-order valence-electron chi connectivity index (χ0n) is 36.1. The normalized spacial score (nSPS) is 17.5. The van der Waals surface area contributed by atoms with Gasteiger partial charge < -0.3 is 19.1 Å². The minimum atomic E-state index is -1.37. The summed E-state index contributed by atoms with van der Waals surface area (Å²) in [6, 6.07) is 24.4. The molecule has 0 aliphatic heterocycles. The molecule has 1 saturated carbocycles. The molecule has 0 N–H and O–H groups in total. The molecule has 0 saturated heterocycles. The molecule has 0 bridgehead atoms. The fourth-order valence-electron chi connectivity index (χ4n) is 7.63. The molecular formula is C45H60N8O4Si2. The molecule has 0 amide bonds. The molecule has 0 atom stereocenters. The van der Waals surface area contributed by atoms with Crippen LogP contribution in [0.3, 0.4) is 0 Å². The van der Waals surface area contributed by atoms with Crippen LogP contribution in [0.4, 0.5) is 5.82 Å². The average molecular weight is 833 g/mol. The molecule has 6 aromatic rings. The molecule has 1 fully saturated rings. The predicted molar refractivity (Wildman–Crippen MR) is 240 cm³/mol. The van der Waals surface area contributed by atoms with E-state index in [-0.39, 0.29) is 25.3 Å². The third kappa shape index (κ3) is 9.83.